The maximum absolute atomic E-state index is 6.01. The molecule has 4 atom stereocenters. The second-order valence-corrected chi connectivity index (χ2v) is 7.14. The lowest BCUT2D eigenvalue weighted by Gasteiger charge is -2.38. The van der Waals surface area contributed by atoms with E-state index in [4.69, 9.17) is 5.73 Å². The zero-order valence-electron chi connectivity index (χ0n) is 13.8. The number of nitrogens with two attached hydrogens (primary N) is 1. The Kier molecular flexibility index (Phi) is 6.83. The van der Waals surface area contributed by atoms with E-state index in [0.717, 1.165) is 30.5 Å². The average Bonchev–Trinajstić information content (AvgIpc) is 2.81. The van der Waals surface area contributed by atoms with Crippen molar-refractivity contribution in [2.45, 2.75) is 90.1 Å². The minimum Gasteiger partial charge on any atom is -0.330 e. The van der Waals surface area contributed by atoms with Gasteiger partial charge in [-0.1, -0.05) is 46.0 Å². The van der Waals surface area contributed by atoms with E-state index in [1.165, 1.54) is 70.8 Å². The first-order chi connectivity index (χ1) is 9.80. The van der Waals surface area contributed by atoms with E-state index in [9.17, 15) is 0 Å². The van der Waals surface area contributed by atoms with E-state index in [-0.39, 0.29) is 0 Å². The van der Waals surface area contributed by atoms with Crippen LogP contribution in [0.3, 0.4) is 0 Å². The molecule has 0 bridgehead atoms. The predicted molar refractivity (Wildman–Crippen MR) is 87.8 cm³/mol. The number of hydrogen-bond donors (Lipinski definition) is 1. The molecule has 4 unspecified atom stereocenters. The maximum atomic E-state index is 6.01. The monoisotopic (exact) mass is 280 g/mol. The maximum Gasteiger partial charge on any atom is 0.0138 e. The fourth-order valence-corrected chi connectivity index (χ4v) is 4.88. The molecular formula is C18H36N2. The van der Waals surface area contributed by atoms with Gasteiger partial charge in [0.15, 0.2) is 0 Å². The molecule has 20 heavy (non-hydrogen) atoms. The van der Waals surface area contributed by atoms with Crippen molar-refractivity contribution in [2.24, 2.45) is 17.6 Å². The van der Waals surface area contributed by atoms with Gasteiger partial charge in [0.2, 0.25) is 0 Å². The lowest BCUT2D eigenvalue weighted by Crippen LogP contribution is -2.46. The van der Waals surface area contributed by atoms with Crippen molar-refractivity contribution in [3.63, 3.8) is 0 Å². The van der Waals surface area contributed by atoms with Crippen LogP contribution in [0.15, 0.2) is 0 Å². The smallest absolute Gasteiger partial charge is 0.0138 e. The number of hydrogen-bond acceptors (Lipinski definition) is 2. The quantitative estimate of drug-likeness (QED) is 0.739. The molecule has 0 saturated heterocycles. The zero-order chi connectivity index (χ0) is 14.4. The summed E-state index contributed by atoms with van der Waals surface area (Å²) >= 11 is 0. The Morgan fingerprint density at radius 3 is 2.45 bits per heavy atom. The molecule has 2 N–H and O–H groups in total. The third-order valence-corrected chi connectivity index (χ3v) is 5.94. The molecule has 0 spiro atoms. The topological polar surface area (TPSA) is 29.3 Å². The molecule has 2 aliphatic carbocycles. The van der Waals surface area contributed by atoms with Gasteiger partial charge in [-0.2, -0.15) is 0 Å². The van der Waals surface area contributed by atoms with Crippen molar-refractivity contribution in [1.82, 2.24) is 4.90 Å². The van der Waals surface area contributed by atoms with Gasteiger partial charge in [0.25, 0.3) is 0 Å². The Balaban J connectivity index is 1.93. The van der Waals surface area contributed by atoms with Crippen LogP contribution in [-0.4, -0.2) is 30.1 Å². The van der Waals surface area contributed by atoms with Crippen LogP contribution in [0.1, 0.15) is 78.1 Å². The highest BCUT2D eigenvalue weighted by molar-refractivity contribution is 4.89. The molecule has 2 rings (SSSR count). The molecule has 0 aliphatic heterocycles. The Bertz CT molecular complexity index is 266. The van der Waals surface area contributed by atoms with Crippen LogP contribution in [0.2, 0.25) is 0 Å². The molecule has 0 aromatic rings. The summed E-state index contributed by atoms with van der Waals surface area (Å²) in [5, 5.41) is 0. The van der Waals surface area contributed by atoms with Gasteiger partial charge >= 0.3 is 0 Å². The van der Waals surface area contributed by atoms with Crippen LogP contribution < -0.4 is 5.73 Å². The number of rotatable bonds is 6. The molecule has 0 aromatic carbocycles. The minimum atomic E-state index is 0.768. The second-order valence-electron chi connectivity index (χ2n) is 7.14. The summed E-state index contributed by atoms with van der Waals surface area (Å²) in [6.07, 6.45) is 14.2. The average molecular weight is 280 g/mol. The van der Waals surface area contributed by atoms with Gasteiger partial charge < -0.3 is 5.73 Å². The first-order valence-corrected chi connectivity index (χ1v) is 9.25. The van der Waals surface area contributed by atoms with Crippen LogP contribution in [0, 0.1) is 11.8 Å². The summed E-state index contributed by atoms with van der Waals surface area (Å²) in [7, 11) is 0. The zero-order valence-corrected chi connectivity index (χ0v) is 13.8. The molecule has 0 amide bonds. The molecule has 0 heterocycles. The fourth-order valence-electron chi connectivity index (χ4n) is 4.88. The normalized spacial score (nSPS) is 35.4. The summed E-state index contributed by atoms with van der Waals surface area (Å²) in [5.41, 5.74) is 6.01. The highest BCUT2D eigenvalue weighted by atomic mass is 15.2. The van der Waals surface area contributed by atoms with Crippen molar-refractivity contribution in [3.05, 3.63) is 0 Å². The lowest BCUT2D eigenvalue weighted by molar-refractivity contribution is 0.103. The summed E-state index contributed by atoms with van der Waals surface area (Å²) < 4.78 is 0. The van der Waals surface area contributed by atoms with E-state index < -0.39 is 0 Å². The first kappa shape index (κ1) is 16.3. The van der Waals surface area contributed by atoms with Gasteiger partial charge in [-0.25, -0.2) is 0 Å². The second kappa shape index (κ2) is 8.38. The summed E-state index contributed by atoms with van der Waals surface area (Å²) in [4.78, 5) is 2.85. The predicted octanol–water partition coefficient (Wildman–Crippen LogP) is 4.18. The van der Waals surface area contributed by atoms with Crippen LogP contribution >= 0.6 is 0 Å². The van der Waals surface area contributed by atoms with Crippen molar-refractivity contribution in [2.75, 3.05) is 13.1 Å². The highest BCUT2D eigenvalue weighted by Crippen LogP contribution is 2.35. The van der Waals surface area contributed by atoms with E-state index in [0.29, 0.717) is 0 Å². The van der Waals surface area contributed by atoms with Gasteiger partial charge in [-0.3, -0.25) is 4.90 Å². The molecule has 2 fully saturated rings. The lowest BCUT2D eigenvalue weighted by atomic mass is 9.94. The van der Waals surface area contributed by atoms with E-state index in [2.05, 4.69) is 18.7 Å². The molecule has 2 aliphatic rings. The third kappa shape index (κ3) is 3.98. The van der Waals surface area contributed by atoms with Crippen LogP contribution in [0.25, 0.3) is 0 Å². The van der Waals surface area contributed by atoms with Gasteiger partial charge in [0.05, 0.1) is 0 Å². The summed E-state index contributed by atoms with van der Waals surface area (Å²) in [6.45, 7) is 6.82. The number of nitrogens with zero attached hydrogens (tertiary/aromatic N) is 1. The Morgan fingerprint density at radius 1 is 0.950 bits per heavy atom. The highest BCUT2D eigenvalue weighted by Gasteiger charge is 2.34. The largest absolute Gasteiger partial charge is 0.330 e. The van der Waals surface area contributed by atoms with Gasteiger partial charge in [-0.15, -0.1) is 0 Å². The Morgan fingerprint density at radius 2 is 1.75 bits per heavy atom. The third-order valence-electron chi connectivity index (χ3n) is 5.94. The van der Waals surface area contributed by atoms with E-state index in [1.807, 2.05) is 0 Å². The van der Waals surface area contributed by atoms with Crippen molar-refractivity contribution < 1.29 is 0 Å². The molecule has 2 heteroatoms. The molecule has 0 radical (unpaired) electrons. The molecule has 2 nitrogen and oxygen atoms in total. The van der Waals surface area contributed by atoms with Crippen LogP contribution in [0.5, 0.6) is 0 Å². The van der Waals surface area contributed by atoms with Crippen LogP contribution in [-0.2, 0) is 0 Å². The Labute approximate surface area is 126 Å². The first-order valence-electron chi connectivity index (χ1n) is 9.25. The SMILES string of the molecule is CCCC1CCCC(N(CC)C2CCCC2CN)CC1. The summed E-state index contributed by atoms with van der Waals surface area (Å²) in [5.74, 6) is 1.78. The molecule has 2 saturated carbocycles. The fraction of sp³-hybridized carbons (Fsp3) is 1.00. The molecular weight excluding hydrogens is 244 g/mol. The standard InChI is InChI=1S/C18H36N2/c1-3-7-15-8-5-10-17(13-12-15)20(4-2)18-11-6-9-16(18)14-19/h15-18H,3-14,19H2,1-2H3. The van der Waals surface area contributed by atoms with E-state index >= 15 is 0 Å². The summed E-state index contributed by atoms with van der Waals surface area (Å²) in [6, 6.07) is 1.64. The molecule has 118 valence electrons. The molecule has 0 aromatic heterocycles. The van der Waals surface area contributed by atoms with Crippen molar-refractivity contribution in [3.8, 4) is 0 Å². The van der Waals surface area contributed by atoms with Gasteiger partial charge in [-0.05, 0) is 57.0 Å². The Hall–Kier alpha value is -0.0800. The van der Waals surface area contributed by atoms with Crippen molar-refractivity contribution >= 4 is 0 Å². The van der Waals surface area contributed by atoms with Crippen molar-refractivity contribution in [1.29, 1.82) is 0 Å². The minimum absolute atomic E-state index is 0.768. The van der Waals surface area contributed by atoms with Gasteiger partial charge in [0.1, 0.15) is 0 Å². The van der Waals surface area contributed by atoms with Gasteiger partial charge in [0, 0.05) is 12.1 Å². The van der Waals surface area contributed by atoms with Crippen LogP contribution in [0.4, 0.5) is 0 Å². The van der Waals surface area contributed by atoms with E-state index in [1.54, 1.807) is 0 Å².